The summed E-state index contributed by atoms with van der Waals surface area (Å²) in [6, 6.07) is 1.57. The Hall–Kier alpha value is -1.40. The molecule has 0 saturated heterocycles. The van der Waals surface area contributed by atoms with Gasteiger partial charge in [-0.3, -0.25) is 4.79 Å². The Labute approximate surface area is 189 Å². The van der Waals surface area contributed by atoms with Crippen LogP contribution in [0.3, 0.4) is 0 Å². The van der Waals surface area contributed by atoms with Gasteiger partial charge in [0.15, 0.2) is 5.79 Å². The van der Waals surface area contributed by atoms with Gasteiger partial charge in [0.05, 0.1) is 17.7 Å². The quantitative estimate of drug-likeness (QED) is 0.372. The number of thiophene rings is 1. The van der Waals surface area contributed by atoms with Gasteiger partial charge in [0, 0.05) is 40.7 Å². The minimum atomic E-state index is -1.70. The average molecular weight is 498 g/mol. The molecule has 3 rings (SSSR count). The Morgan fingerprint density at radius 3 is 2.40 bits per heavy atom. The second-order valence-electron chi connectivity index (χ2n) is 8.41. The predicted molar refractivity (Wildman–Crippen MR) is 119 cm³/mol. The molecular weight excluding hydrogens is 470 g/mol. The largest absolute Gasteiger partial charge is 0.465 e. The number of methoxy groups -OCH3 is 1. The first-order chi connectivity index (χ1) is 14.3. The van der Waals surface area contributed by atoms with Crippen LogP contribution < -0.4 is 4.90 Å². The number of hydrogen-bond acceptors (Lipinski definition) is 6. The lowest BCUT2D eigenvalue weighted by Crippen LogP contribution is -2.49. The molecule has 0 aromatic carbocycles. The lowest BCUT2D eigenvalue weighted by Gasteiger charge is -2.40. The Kier molecular flexibility index (Phi) is 7.61. The van der Waals surface area contributed by atoms with E-state index in [2.05, 4.69) is 33.6 Å². The number of rotatable bonds is 4. The van der Waals surface area contributed by atoms with E-state index in [1.165, 1.54) is 18.4 Å². The van der Waals surface area contributed by atoms with Crippen molar-refractivity contribution in [3.63, 3.8) is 0 Å². The molecular formula is C22H28BrNO5S. The number of halogens is 1. The summed E-state index contributed by atoms with van der Waals surface area (Å²) in [5, 5.41) is 19.9. The molecule has 0 atom stereocenters. The van der Waals surface area contributed by atoms with Crippen LogP contribution >= 0.6 is 27.3 Å². The third-order valence-corrected chi connectivity index (χ3v) is 7.45. The van der Waals surface area contributed by atoms with Gasteiger partial charge in [-0.1, -0.05) is 6.92 Å². The summed E-state index contributed by atoms with van der Waals surface area (Å²) in [6.45, 7) is 2.21. The van der Waals surface area contributed by atoms with Gasteiger partial charge in [-0.15, -0.1) is 11.3 Å². The van der Waals surface area contributed by atoms with Crippen molar-refractivity contribution in [1.29, 1.82) is 0 Å². The first-order valence-electron chi connectivity index (χ1n) is 10.4. The molecule has 0 spiro atoms. The summed E-state index contributed by atoms with van der Waals surface area (Å²) in [6.07, 6.45) is 4.98. The van der Waals surface area contributed by atoms with E-state index in [0.717, 1.165) is 25.7 Å². The molecule has 2 fully saturated rings. The topological polar surface area (TPSA) is 87.1 Å². The van der Waals surface area contributed by atoms with Gasteiger partial charge in [0.25, 0.3) is 0 Å². The molecule has 1 aromatic rings. The molecule has 2 saturated carbocycles. The lowest BCUT2D eigenvalue weighted by atomic mass is 9.81. The number of carbonyl (C=O) groups is 2. The zero-order chi connectivity index (χ0) is 21.9. The highest BCUT2D eigenvalue weighted by Gasteiger charge is 2.40. The van der Waals surface area contributed by atoms with E-state index in [4.69, 9.17) is 4.74 Å². The van der Waals surface area contributed by atoms with Crippen molar-refractivity contribution in [2.75, 3.05) is 12.0 Å². The average Bonchev–Trinajstić information content (AvgIpc) is 3.13. The standard InChI is InChI=1S/C22H28BrNO5S/c1-14-3-5-15(6-4-14)20(25)24(16-7-10-22(27,28)11-8-16)18-13-17(9-12-23)30-19(18)21(26)29-2/h13-16,27-28H,3-8,10-11H2,1-2H3. The monoisotopic (exact) mass is 497 g/mol. The summed E-state index contributed by atoms with van der Waals surface area (Å²) in [5.41, 5.74) is 0.522. The molecule has 1 heterocycles. The van der Waals surface area contributed by atoms with Gasteiger partial charge >= 0.3 is 5.97 Å². The molecule has 2 aliphatic rings. The zero-order valence-corrected chi connectivity index (χ0v) is 19.7. The SMILES string of the molecule is COC(=O)c1sc(C#CBr)cc1N(C(=O)C1CCC(C)CC1)C1CCC(O)(O)CC1. The highest BCUT2D eigenvalue weighted by atomic mass is 79.9. The van der Waals surface area contributed by atoms with Crippen LogP contribution in [0.2, 0.25) is 0 Å². The second-order valence-corrected chi connectivity index (χ2v) is 9.86. The predicted octanol–water partition coefficient (Wildman–Crippen LogP) is 4.02. The molecule has 0 aliphatic heterocycles. The van der Waals surface area contributed by atoms with E-state index < -0.39 is 11.8 Å². The summed E-state index contributed by atoms with van der Waals surface area (Å²) in [7, 11) is 1.32. The Morgan fingerprint density at radius 1 is 1.20 bits per heavy atom. The second kappa shape index (κ2) is 9.82. The van der Waals surface area contributed by atoms with Crippen LogP contribution in [0.4, 0.5) is 5.69 Å². The van der Waals surface area contributed by atoms with Gasteiger partial charge in [0.2, 0.25) is 5.91 Å². The molecule has 0 radical (unpaired) electrons. The van der Waals surface area contributed by atoms with Crippen LogP contribution in [-0.4, -0.2) is 41.0 Å². The summed E-state index contributed by atoms with van der Waals surface area (Å²) in [5.74, 6) is 1.25. The van der Waals surface area contributed by atoms with Gasteiger partial charge in [-0.2, -0.15) is 0 Å². The van der Waals surface area contributed by atoms with Crippen LogP contribution in [0.1, 0.15) is 72.8 Å². The van der Waals surface area contributed by atoms with E-state index in [1.54, 1.807) is 11.0 Å². The van der Waals surface area contributed by atoms with Crippen LogP contribution in [0.25, 0.3) is 0 Å². The summed E-state index contributed by atoms with van der Waals surface area (Å²) >= 11 is 4.29. The number of aliphatic hydroxyl groups is 2. The Bertz CT molecular complexity index is 837. The maximum Gasteiger partial charge on any atom is 0.350 e. The highest BCUT2D eigenvalue weighted by molar-refractivity contribution is 9.12. The number of esters is 1. The van der Waals surface area contributed by atoms with Crippen molar-refractivity contribution < 1.29 is 24.5 Å². The lowest BCUT2D eigenvalue weighted by molar-refractivity contribution is -0.182. The van der Waals surface area contributed by atoms with Crippen molar-refractivity contribution in [1.82, 2.24) is 0 Å². The minimum Gasteiger partial charge on any atom is -0.465 e. The molecule has 6 nitrogen and oxygen atoms in total. The number of amides is 1. The van der Waals surface area contributed by atoms with Gasteiger partial charge in [-0.05, 0) is 61.3 Å². The first kappa shape index (κ1) is 23.3. The molecule has 2 aliphatic carbocycles. The fourth-order valence-corrected chi connectivity index (χ4v) is 5.70. The molecule has 8 heteroatoms. The number of ether oxygens (including phenoxy) is 1. The zero-order valence-electron chi connectivity index (χ0n) is 17.3. The van der Waals surface area contributed by atoms with Gasteiger partial charge in [-0.25, -0.2) is 4.79 Å². The first-order valence-corrected chi connectivity index (χ1v) is 12.0. The maximum atomic E-state index is 13.7. The van der Waals surface area contributed by atoms with E-state index in [-0.39, 0.29) is 30.7 Å². The Balaban J connectivity index is 1.99. The molecule has 1 aromatic heterocycles. The number of anilines is 1. The minimum absolute atomic E-state index is 0.0107. The van der Waals surface area contributed by atoms with Crippen LogP contribution in [0, 0.1) is 22.6 Å². The third kappa shape index (κ3) is 5.25. The smallest absolute Gasteiger partial charge is 0.350 e. The molecule has 0 bridgehead atoms. The number of carbonyl (C=O) groups excluding carboxylic acids is 2. The molecule has 164 valence electrons. The molecule has 0 unspecified atom stereocenters. The normalized spacial score (nSPS) is 23.9. The van der Waals surface area contributed by atoms with Crippen molar-refractivity contribution >= 4 is 44.8 Å². The third-order valence-electron chi connectivity index (χ3n) is 6.24. The fourth-order valence-electron chi connectivity index (χ4n) is 4.43. The van der Waals surface area contributed by atoms with Gasteiger partial charge < -0.3 is 19.8 Å². The van der Waals surface area contributed by atoms with E-state index in [1.807, 2.05) is 0 Å². The van der Waals surface area contributed by atoms with E-state index in [9.17, 15) is 19.8 Å². The Morgan fingerprint density at radius 2 is 1.83 bits per heavy atom. The van der Waals surface area contributed by atoms with E-state index in [0.29, 0.717) is 34.2 Å². The van der Waals surface area contributed by atoms with Crippen molar-refractivity contribution in [2.24, 2.45) is 11.8 Å². The van der Waals surface area contributed by atoms with Crippen molar-refractivity contribution in [3.8, 4) is 10.8 Å². The van der Waals surface area contributed by atoms with Gasteiger partial charge in [0.1, 0.15) is 4.88 Å². The molecule has 30 heavy (non-hydrogen) atoms. The summed E-state index contributed by atoms with van der Waals surface area (Å²) < 4.78 is 4.97. The number of nitrogens with zero attached hydrogens (tertiary/aromatic N) is 1. The molecule has 1 amide bonds. The van der Waals surface area contributed by atoms with E-state index >= 15 is 0 Å². The summed E-state index contributed by atoms with van der Waals surface area (Å²) in [4.78, 5) is 31.6. The highest BCUT2D eigenvalue weighted by Crippen LogP contribution is 2.40. The molecule has 2 N–H and O–H groups in total. The van der Waals surface area contributed by atoms with Crippen LogP contribution in [0.5, 0.6) is 0 Å². The maximum absolute atomic E-state index is 13.7. The van der Waals surface area contributed by atoms with Crippen molar-refractivity contribution in [2.45, 2.75) is 70.1 Å². The fraction of sp³-hybridized carbons (Fsp3) is 0.636. The van der Waals surface area contributed by atoms with Crippen LogP contribution in [-0.2, 0) is 9.53 Å². The van der Waals surface area contributed by atoms with Crippen LogP contribution in [0.15, 0.2) is 6.07 Å². The number of hydrogen-bond donors (Lipinski definition) is 2. The van der Waals surface area contributed by atoms with Crippen molar-refractivity contribution in [3.05, 3.63) is 15.8 Å².